The Bertz CT molecular complexity index is 1060. The molecule has 1 amide bonds. The van der Waals surface area contributed by atoms with Gasteiger partial charge in [0, 0.05) is 31.7 Å². The van der Waals surface area contributed by atoms with E-state index in [0.29, 0.717) is 41.7 Å². The van der Waals surface area contributed by atoms with E-state index in [4.69, 9.17) is 9.47 Å². The summed E-state index contributed by atoms with van der Waals surface area (Å²) in [6, 6.07) is 10.6. The summed E-state index contributed by atoms with van der Waals surface area (Å²) < 4.78 is 38.9. The molecule has 32 heavy (non-hydrogen) atoms. The number of piperazine rings is 1. The van der Waals surface area contributed by atoms with Gasteiger partial charge in [-0.2, -0.15) is 4.31 Å². The zero-order chi connectivity index (χ0) is 23.3. The maximum absolute atomic E-state index is 13.1. The molecule has 1 aliphatic rings. The van der Waals surface area contributed by atoms with Crippen LogP contribution >= 0.6 is 0 Å². The highest BCUT2D eigenvalue weighted by molar-refractivity contribution is 7.89. The quantitative estimate of drug-likeness (QED) is 0.562. The van der Waals surface area contributed by atoms with E-state index in [1.165, 1.54) is 4.31 Å². The fraction of sp³-hybridized carbons (Fsp3) is 0.458. The Balaban J connectivity index is 1.68. The van der Waals surface area contributed by atoms with Crippen LogP contribution in [0.5, 0.6) is 11.5 Å². The van der Waals surface area contributed by atoms with E-state index in [-0.39, 0.29) is 19.0 Å². The molecule has 0 atom stereocenters. The van der Waals surface area contributed by atoms with Crippen LogP contribution in [0.2, 0.25) is 0 Å². The molecule has 2 aromatic carbocycles. The summed E-state index contributed by atoms with van der Waals surface area (Å²) in [4.78, 5) is 15.0. The highest BCUT2D eigenvalue weighted by Gasteiger charge is 2.31. The van der Waals surface area contributed by atoms with Crippen LogP contribution in [0.15, 0.2) is 41.3 Å². The van der Waals surface area contributed by atoms with Gasteiger partial charge in [-0.25, -0.2) is 8.42 Å². The fourth-order valence-electron chi connectivity index (χ4n) is 3.68. The lowest BCUT2D eigenvalue weighted by molar-refractivity contribution is 0.0697. The van der Waals surface area contributed by atoms with E-state index in [9.17, 15) is 13.2 Å². The van der Waals surface area contributed by atoms with E-state index < -0.39 is 10.0 Å². The van der Waals surface area contributed by atoms with Gasteiger partial charge in [-0.1, -0.05) is 25.5 Å². The predicted octanol–water partition coefficient (Wildman–Crippen LogP) is 3.64. The number of carbonyl (C=O) groups excluding carboxylic acids is 1. The van der Waals surface area contributed by atoms with Gasteiger partial charge in [0.25, 0.3) is 5.91 Å². The molecule has 0 saturated carbocycles. The van der Waals surface area contributed by atoms with Gasteiger partial charge in [-0.05, 0) is 55.7 Å². The lowest BCUT2D eigenvalue weighted by Gasteiger charge is -2.34. The number of nitrogens with zero attached hydrogens (tertiary/aromatic N) is 2. The van der Waals surface area contributed by atoms with E-state index in [2.05, 4.69) is 6.92 Å². The number of benzene rings is 2. The lowest BCUT2D eigenvalue weighted by atomic mass is 10.1. The Morgan fingerprint density at radius 3 is 2.38 bits per heavy atom. The van der Waals surface area contributed by atoms with Crippen molar-refractivity contribution in [2.24, 2.45) is 0 Å². The monoisotopic (exact) mass is 460 g/mol. The van der Waals surface area contributed by atoms with Crippen LogP contribution in [0.1, 0.15) is 41.3 Å². The van der Waals surface area contributed by atoms with Crippen molar-refractivity contribution in [3.05, 3.63) is 53.1 Å². The van der Waals surface area contributed by atoms with Gasteiger partial charge in [0.2, 0.25) is 10.0 Å². The Morgan fingerprint density at radius 2 is 1.72 bits per heavy atom. The third kappa shape index (κ3) is 5.24. The number of amides is 1. The summed E-state index contributed by atoms with van der Waals surface area (Å²) in [5.74, 6) is 0.984. The average Bonchev–Trinajstić information content (AvgIpc) is 2.80. The standard InChI is InChI=1S/C24H32N2O5S/c1-5-6-15-31-21-10-9-20(17-22(21)30-4)24(27)25-11-13-26(14-12-25)32(28,29)23-16-18(2)7-8-19(23)3/h7-10,16-17H,5-6,11-15H2,1-4H3. The van der Waals surface area contributed by atoms with E-state index >= 15 is 0 Å². The Hall–Kier alpha value is -2.58. The maximum Gasteiger partial charge on any atom is 0.254 e. The van der Waals surface area contributed by atoms with Crippen molar-refractivity contribution in [1.82, 2.24) is 9.21 Å². The molecule has 0 N–H and O–H groups in total. The summed E-state index contributed by atoms with van der Waals surface area (Å²) in [7, 11) is -2.05. The van der Waals surface area contributed by atoms with Crippen molar-refractivity contribution in [3.8, 4) is 11.5 Å². The lowest BCUT2D eigenvalue weighted by Crippen LogP contribution is -2.50. The number of rotatable bonds is 8. The summed E-state index contributed by atoms with van der Waals surface area (Å²) in [5, 5.41) is 0. The topological polar surface area (TPSA) is 76.2 Å². The summed E-state index contributed by atoms with van der Waals surface area (Å²) >= 11 is 0. The molecule has 1 saturated heterocycles. The van der Waals surface area contributed by atoms with Crippen molar-refractivity contribution in [2.45, 2.75) is 38.5 Å². The minimum atomic E-state index is -3.60. The first-order valence-corrected chi connectivity index (χ1v) is 12.4. The van der Waals surface area contributed by atoms with Crippen molar-refractivity contribution >= 4 is 15.9 Å². The van der Waals surface area contributed by atoms with Crippen molar-refractivity contribution in [3.63, 3.8) is 0 Å². The van der Waals surface area contributed by atoms with Gasteiger partial charge in [0.1, 0.15) is 0 Å². The van der Waals surface area contributed by atoms with Crippen molar-refractivity contribution < 1.29 is 22.7 Å². The molecule has 7 nitrogen and oxygen atoms in total. The van der Waals surface area contributed by atoms with Crippen LogP contribution in [0, 0.1) is 13.8 Å². The highest BCUT2D eigenvalue weighted by atomic mass is 32.2. The second-order valence-corrected chi connectivity index (χ2v) is 9.94. The first-order chi connectivity index (χ1) is 15.3. The molecule has 1 aliphatic heterocycles. The van der Waals surface area contributed by atoms with Crippen LogP contribution in [-0.2, 0) is 10.0 Å². The van der Waals surface area contributed by atoms with Crippen LogP contribution in [0.3, 0.4) is 0 Å². The number of hydrogen-bond donors (Lipinski definition) is 0. The molecular formula is C24H32N2O5S. The number of sulfonamides is 1. The van der Waals surface area contributed by atoms with Crippen molar-refractivity contribution in [1.29, 1.82) is 0 Å². The molecule has 0 radical (unpaired) electrons. The first-order valence-electron chi connectivity index (χ1n) is 11.0. The minimum Gasteiger partial charge on any atom is -0.493 e. The van der Waals surface area contributed by atoms with E-state index in [1.807, 2.05) is 19.1 Å². The Kier molecular flexibility index (Phi) is 7.79. The summed E-state index contributed by atoms with van der Waals surface area (Å²) in [5.41, 5.74) is 2.12. The molecule has 1 heterocycles. The zero-order valence-electron chi connectivity index (χ0n) is 19.3. The molecule has 2 aromatic rings. The van der Waals surface area contributed by atoms with Gasteiger partial charge < -0.3 is 14.4 Å². The average molecular weight is 461 g/mol. The molecule has 0 aromatic heterocycles. The molecule has 0 aliphatic carbocycles. The molecule has 0 unspecified atom stereocenters. The second-order valence-electron chi connectivity index (χ2n) is 8.03. The van der Waals surface area contributed by atoms with E-state index in [1.54, 1.807) is 43.2 Å². The molecule has 0 spiro atoms. The first kappa shape index (κ1) is 24.1. The zero-order valence-corrected chi connectivity index (χ0v) is 20.1. The van der Waals surface area contributed by atoms with E-state index in [0.717, 1.165) is 24.0 Å². The second kappa shape index (κ2) is 10.4. The number of ether oxygens (including phenoxy) is 2. The Labute approximate surface area is 191 Å². The highest BCUT2D eigenvalue weighted by Crippen LogP contribution is 2.29. The largest absolute Gasteiger partial charge is 0.493 e. The smallest absolute Gasteiger partial charge is 0.254 e. The maximum atomic E-state index is 13.1. The molecular weight excluding hydrogens is 428 g/mol. The summed E-state index contributed by atoms with van der Waals surface area (Å²) in [6.45, 7) is 7.55. The SMILES string of the molecule is CCCCOc1ccc(C(=O)N2CCN(S(=O)(=O)c3cc(C)ccc3C)CC2)cc1OC. The Morgan fingerprint density at radius 1 is 1.00 bits per heavy atom. The van der Waals surface area contributed by atoms with Crippen molar-refractivity contribution in [2.75, 3.05) is 39.9 Å². The predicted molar refractivity (Wildman–Crippen MR) is 124 cm³/mol. The number of aryl methyl sites for hydroxylation is 2. The molecule has 0 bridgehead atoms. The minimum absolute atomic E-state index is 0.146. The number of methoxy groups -OCH3 is 1. The van der Waals surface area contributed by atoms with Crippen LogP contribution in [0.4, 0.5) is 0 Å². The molecule has 174 valence electrons. The summed E-state index contributed by atoms with van der Waals surface area (Å²) in [6.07, 6.45) is 1.98. The number of hydrogen-bond acceptors (Lipinski definition) is 5. The van der Waals surface area contributed by atoms with Gasteiger partial charge >= 0.3 is 0 Å². The molecule has 1 fully saturated rings. The van der Waals surface area contributed by atoms with Crippen LogP contribution in [-0.4, -0.2) is 63.4 Å². The van der Waals surface area contributed by atoms with Gasteiger partial charge in [-0.3, -0.25) is 4.79 Å². The van der Waals surface area contributed by atoms with Gasteiger partial charge in [-0.15, -0.1) is 0 Å². The fourth-order valence-corrected chi connectivity index (χ4v) is 5.42. The van der Waals surface area contributed by atoms with Gasteiger partial charge in [0.15, 0.2) is 11.5 Å². The normalized spacial score (nSPS) is 14.9. The third-order valence-electron chi connectivity index (χ3n) is 5.65. The van der Waals surface area contributed by atoms with Crippen LogP contribution < -0.4 is 9.47 Å². The van der Waals surface area contributed by atoms with Gasteiger partial charge in [0.05, 0.1) is 18.6 Å². The molecule has 3 rings (SSSR count). The number of carbonyl (C=O) groups is 1. The molecule has 8 heteroatoms. The third-order valence-corrected chi connectivity index (χ3v) is 7.69. The van der Waals surface area contributed by atoms with Crippen LogP contribution in [0.25, 0.3) is 0 Å². The number of unbranched alkanes of at least 4 members (excludes halogenated alkanes) is 1.